The molecule has 0 N–H and O–H groups in total. The van der Waals surface area contributed by atoms with Crippen LogP contribution in [-0.2, 0) is 5.41 Å². The largest absolute Gasteiger partial charge is 0.311 e. The number of para-hydroxylation sites is 2. The van der Waals surface area contributed by atoms with E-state index in [4.69, 9.17) is 0 Å². The second-order valence-corrected chi connectivity index (χ2v) is 18.2. The topological polar surface area (TPSA) is 3.24 Å². The Morgan fingerprint density at radius 3 is 1.18 bits per heavy atom. The van der Waals surface area contributed by atoms with E-state index in [0.29, 0.717) is 0 Å². The quantitative estimate of drug-likeness (QED) is 0.147. The van der Waals surface area contributed by atoms with Crippen LogP contribution in [0.3, 0.4) is 0 Å². The number of anilines is 3. The van der Waals surface area contributed by atoms with Crippen LogP contribution in [0.15, 0.2) is 249 Å². The highest BCUT2D eigenvalue weighted by molar-refractivity contribution is 5.83. The summed E-state index contributed by atoms with van der Waals surface area (Å²) < 4.78 is 0. The van der Waals surface area contributed by atoms with Gasteiger partial charge in [-0.05, 0) is 104 Å². The van der Waals surface area contributed by atoms with E-state index in [1.54, 1.807) is 0 Å². The van der Waals surface area contributed by atoms with E-state index in [1.165, 1.54) is 101 Å². The first-order valence-electron chi connectivity index (χ1n) is 24.5. The van der Waals surface area contributed by atoms with Crippen LogP contribution in [0.25, 0.3) is 44.5 Å². The molecule has 2 aliphatic carbocycles. The van der Waals surface area contributed by atoms with E-state index in [2.05, 4.69) is 244 Å². The van der Waals surface area contributed by atoms with Crippen molar-refractivity contribution in [1.82, 2.24) is 0 Å². The lowest BCUT2D eigenvalue weighted by Crippen LogP contribution is -2.14. The van der Waals surface area contributed by atoms with Crippen LogP contribution in [0.2, 0.25) is 0 Å². The van der Waals surface area contributed by atoms with Crippen molar-refractivity contribution in [3.05, 3.63) is 260 Å². The molecule has 0 aromatic heterocycles. The van der Waals surface area contributed by atoms with Crippen molar-refractivity contribution in [1.29, 1.82) is 0 Å². The summed E-state index contributed by atoms with van der Waals surface area (Å²) in [5, 5.41) is 0. The van der Waals surface area contributed by atoms with Crippen molar-refractivity contribution < 1.29 is 0 Å². The van der Waals surface area contributed by atoms with Crippen molar-refractivity contribution in [3.8, 4) is 44.5 Å². The molecule has 1 fully saturated rings. The molecular weight excluding hydrogens is 807 g/mol. The molecule has 9 aromatic rings. The van der Waals surface area contributed by atoms with Crippen molar-refractivity contribution in [2.45, 2.75) is 71.1 Å². The maximum Gasteiger partial charge on any atom is 0.0462 e. The number of nitrogens with zero attached hydrogens (tertiary/aromatic N) is 1. The summed E-state index contributed by atoms with van der Waals surface area (Å²) in [7, 11) is 0. The third kappa shape index (κ3) is 12.0. The number of benzene rings is 9. The molecule has 1 nitrogen and oxygen atoms in total. The minimum absolute atomic E-state index is 0.0801. The van der Waals surface area contributed by atoms with Gasteiger partial charge in [0.15, 0.2) is 0 Å². The molecule has 0 atom stereocenters. The molecule has 1 saturated carbocycles. The van der Waals surface area contributed by atoms with E-state index in [9.17, 15) is 0 Å². The molecule has 0 aliphatic heterocycles. The van der Waals surface area contributed by atoms with Gasteiger partial charge in [-0.2, -0.15) is 0 Å². The lowest BCUT2D eigenvalue weighted by Gasteiger charge is -2.25. The first kappa shape index (κ1) is 46.3. The maximum absolute atomic E-state index is 2.37. The molecule has 0 spiro atoms. The van der Waals surface area contributed by atoms with Crippen LogP contribution < -0.4 is 4.90 Å². The fraction of sp³-hybridized carbons (Fsp3) is 0.182. The predicted molar refractivity (Wildman–Crippen MR) is 289 cm³/mol. The van der Waals surface area contributed by atoms with Crippen molar-refractivity contribution in [3.63, 3.8) is 0 Å². The second kappa shape index (κ2) is 23.3. The zero-order valence-electron chi connectivity index (χ0n) is 39.6. The molecule has 334 valence electrons. The van der Waals surface area contributed by atoms with Crippen LogP contribution in [0, 0.1) is 5.92 Å². The Balaban J connectivity index is 0.000000130. The molecular formula is C66H65N. The van der Waals surface area contributed by atoms with Crippen LogP contribution in [-0.4, -0.2) is 0 Å². The Morgan fingerprint density at radius 1 is 0.358 bits per heavy atom. The maximum atomic E-state index is 2.37. The standard InChI is InChI=1S/C24H19N.C21H18.C12H10.C9H18/c1-4-10-20(11-5-1)21-16-18-24(19-17-21)25(22-12-6-2-7-13-22)23-14-8-3-9-15-23;1-21(2)19-11-7-6-10-17(19)18-13-12-16(14-20(18)21)15-8-4-3-5-9-15;1-3-7-11(8-4-1)12-9-5-2-6-10-12;1-2-6-9-7-4-3-5-8-9/h1-19H;3-14H,1-2H3;1-10H;9H,2-8H2,1H3. The van der Waals surface area contributed by atoms with Gasteiger partial charge in [0.2, 0.25) is 0 Å². The van der Waals surface area contributed by atoms with Crippen LogP contribution in [0.1, 0.15) is 76.8 Å². The average Bonchev–Trinajstić information content (AvgIpc) is 3.64. The highest BCUT2D eigenvalue weighted by Crippen LogP contribution is 2.49. The molecule has 0 bridgehead atoms. The van der Waals surface area contributed by atoms with Gasteiger partial charge in [0, 0.05) is 22.5 Å². The number of hydrogen-bond donors (Lipinski definition) is 0. The normalized spacial score (nSPS) is 13.2. The Kier molecular flexibility index (Phi) is 16.1. The Bertz CT molecular complexity index is 2730. The van der Waals surface area contributed by atoms with E-state index in [0.717, 1.165) is 23.0 Å². The summed E-state index contributed by atoms with van der Waals surface area (Å²) in [6.45, 7) is 6.95. The average molecular weight is 872 g/mol. The van der Waals surface area contributed by atoms with Crippen LogP contribution >= 0.6 is 0 Å². The van der Waals surface area contributed by atoms with Crippen molar-refractivity contribution in [2.24, 2.45) is 5.92 Å². The predicted octanol–water partition coefficient (Wildman–Crippen LogP) is 19.2. The molecule has 0 radical (unpaired) electrons. The van der Waals surface area contributed by atoms with E-state index >= 15 is 0 Å². The summed E-state index contributed by atoms with van der Waals surface area (Å²) in [5.74, 6) is 1.10. The molecule has 2 aliphatic rings. The third-order valence-corrected chi connectivity index (χ3v) is 13.3. The first-order valence-corrected chi connectivity index (χ1v) is 24.5. The molecule has 0 saturated heterocycles. The number of fused-ring (bicyclic) bond motifs is 3. The van der Waals surface area contributed by atoms with Gasteiger partial charge in [0.05, 0.1) is 0 Å². The monoisotopic (exact) mass is 872 g/mol. The fourth-order valence-electron chi connectivity index (χ4n) is 9.69. The molecule has 11 rings (SSSR count). The van der Waals surface area contributed by atoms with Gasteiger partial charge >= 0.3 is 0 Å². The van der Waals surface area contributed by atoms with Crippen LogP contribution in [0.4, 0.5) is 17.1 Å². The summed E-state index contributed by atoms with van der Waals surface area (Å²) in [4.78, 5) is 2.27. The van der Waals surface area contributed by atoms with Gasteiger partial charge < -0.3 is 4.90 Å². The van der Waals surface area contributed by atoms with E-state index < -0.39 is 0 Å². The third-order valence-electron chi connectivity index (χ3n) is 13.3. The van der Waals surface area contributed by atoms with Gasteiger partial charge in [-0.1, -0.05) is 272 Å². The smallest absolute Gasteiger partial charge is 0.0462 e. The zero-order valence-corrected chi connectivity index (χ0v) is 39.6. The number of rotatable bonds is 8. The Labute approximate surface area is 401 Å². The molecule has 9 aromatic carbocycles. The van der Waals surface area contributed by atoms with E-state index in [-0.39, 0.29) is 5.41 Å². The molecule has 1 heteroatoms. The summed E-state index contributed by atoms with van der Waals surface area (Å²) in [6.07, 6.45) is 10.4. The minimum Gasteiger partial charge on any atom is -0.311 e. The fourth-order valence-corrected chi connectivity index (χ4v) is 9.69. The second-order valence-electron chi connectivity index (χ2n) is 18.2. The summed E-state index contributed by atoms with van der Waals surface area (Å²) >= 11 is 0. The zero-order chi connectivity index (χ0) is 46.1. The first-order chi connectivity index (χ1) is 33.0. The minimum atomic E-state index is 0.0801. The lowest BCUT2D eigenvalue weighted by atomic mass is 9.81. The number of hydrogen-bond acceptors (Lipinski definition) is 1. The van der Waals surface area contributed by atoms with E-state index in [1.807, 2.05) is 30.3 Å². The molecule has 0 amide bonds. The van der Waals surface area contributed by atoms with Gasteiger partial charge in [-0.15, -0.1) is 0 Å². The van der Waals surface area contributed by atoms with Gasteiger partial charge in [-0.3, -0.25) is 0 Å². The van der Waals surface area contributed by atoms with Crippen LogP contribution in [0.5, 0.6) is 0 Å². The van der Waals surface area contributed by atoms with Gasteiger partial charge in [0.25, 0.3) is 0 Å². The Morgan fingerprint density at radius 2 is 0.716 bits per heavy atom. The van der Waals surface area contributed by atoms with Crippen molar-refractivity contribution in [2.75, 3.05) is 4.90 Å². The molecule has 0 heterocycles. The van der Waals surface area contributed by atoms with Gasteiger partial charge in [-0.25, -0.2) is 0 Å². The van der Waals surface area contributed by atoms with Crippen molar-refractivity contribution >= 4 is 17.1 Å². The lowest BCUT2D eigenvalue weighted by molar-refractivity contribution is 0.336. The highest BCUT2D eigenvalue weighted by Gasteiger charge is 2.35. The molecule has 0 unspecified atom stereocenters. The summed E-state index contributed by atoms with van der Waals surface area (Å²) in [5.41, 5.74) is 16.8. The van der Waals surface area contributed by atoms with Gasteiger partial charge in [0.1, 0.15) is 0 Å². The summed E-state index contributed by atoms with van der Waals surface area (Å²) in [6, 6.07) is 87.2. The molecule has 67 heavy (non-hydrogen) atoms. The SMILES string of the molecule is CC1(C)c2ccccc2-c2ccc(-c3ccccc3)cc21.CCCC1CCCCC1.c1ccc(-c2ccc(N(c3ccccc3)c3ccccc3)cc2)cc1.c1ccc(-c2ccccc2)cc1. The Hall–Kier alpha value is -7.22. The highest BCUT2D eigenvalue weighted by atomic mass is 15.1.